The number of hydrogen-bond acceptors (Lipinski definition) is 5. The molecule has 1 aromatic rings. The molecule has 0 saturated carbocycles. The molecule has 0 radical (unpaired) electrons. The highest BCUT2D eigenvalue weighted by molar-refractivity contribution is 6.44. The summed E-state index contributed by atoms with van der Waals surface area (Å²) in [5.74, 6) is -1.72. The summed E-state index contributed by atoms with van der Waals surface area (Å²) in [5.41, 5.74) is 0. The normalized spacial score (nSPS) is 16.0. The van der Waals surface area contributed by atoms with Crippen LogP contribution in [0.25, 0.3) is 0 Å². The number of rotatable bonds is 3. The summed E-state index contributed by atoms with van der Waals surface area (Å²) in [7, 11) is 0. The average Bonchev–Trinajstić information content (AvgIpc) is 2.76. The zero-order chi connectivity index (χ0) is 10.8. The van der Waals surface area contributed by atoms with Gasteiger partial charge in [-0.2, -0.15) is 0 Å². The Morgan fingerprint density at radius 1 is 1.27 bits per heavy atom. The first-order valence-electron chi connectivity index (χ1n) is 4.19. The maximum absolute atomic E-state index is 11.1. The van der Waals surface area contributed by atoms with Crippen molar-refractivity contribution >= 4 is 17.8 Å². The number of aromatic nitrogens is 3. The van der Waals surface area contributed by atoms with Crippen LogP contribution in [-0.4, -0.2) is 44.3 Å². The molecule has 8 heteroatoms. The molecule has 78 valence electrons. The van der Waals surface area contributed by atoms with Crippen molar-refractivity contribution < 1.29 is 14.4 Å². The number of carbonyl (C=O) groups excluding carboxylic acids is 3. The maximum atomic E-state index is 11.1. The average molecular weight is 209 g/mol. The molecule has 1 aromatic heterocycles. The van der Waals surface area contributed by atoms with Crippen LogP contribution in [0.4, 0.5) is 4.79 Å². The number of nitrogens with one attached hydrogen (secondary N) is 1. The van der Waals surface area contributed by atoms with Gasteiger partial charge in [0.2, 0.25) is 0 Å². The van der Waals surface area contributed by atoms with Gasteiger partial charge < -0.3 is 0 Å². The second-order valence-corrected chi connectivity index (χ2v) is 2.88. The first-order chi connectivity index (χ1) is 7.18. The Morgan fingerprint density at radius 3 is 2.60 bits per heavy atom. The van der Waals surface area contributed by atoms with Crippen LogP contribution in [0, 0.1) is 0 Å². The number of carbonyl (C=O) groups is 3. The smallest absolute Gasteiger partial charge is 0.269 e. The number of amides is 4. The van der Waals surface area contributed by atoms with Gasteiger partial charge in [0.15, 0.2) is 0 Å². The molecular formula is C7H7N5O3. The Morgan fingerprint density at radius 2 is 2.07 bits per heavy atom. The van der Waals surface area contributed by atoms with E-state index in [9.17, 15) is 14.4 Å². The molecule has 1 fully saturated rings. The molecule has 8 nitrogen and oxygen atoms in total. The molecule has 1 aliphatic rings. The third-order valence-corrected chi connectivity index (χ3v) is 1.93. The van der Waals surface area contributed by atoms with Gasteiger partial charge in [0.25, 0.3) is 0 Å². The summed E-state index contributed by atoms with van der Waals surface area (Å²) in [5, 5.41) is 9.12. The van der Waals surface area contributed by atoms with E-state index in [2.05, 4.69) is 10.3 Å². The van der Waals surface area contributed by atoms with Crippen molar-refractivity contribution in [3.05, 3.63) is 12.4 Å². The lowest BCUT2D eigenvalue weighted by atomic mass is 10.5. The van der Waals surface area contributed by atoms with Gasteiger partial charge in [-0.05, 0) is 0 Å². The summed E-state index contributed by atoms with van der Waals surface area (Å²) in [6.45, 7) is 0.409. The van der Waals surface area contributed by atoms with Gasteiger partial charge in [-0.1, -0.05) is 5.21 Å². The summed E-state index contributed by atoms with van der Waals surface area (Å²) in [6.07, 6.45) is 3.08. The van der Waals surface area contributed by atoms with Crippen LogP contribution in [-0.2, 0) is 16.1 Å². The summed E-state index contributed by atoms with van der Waals surface area (Å²) in [4.78, 5) is 33.8. The minimum atomic E-state index is -0.890. The van der Waals surface area contributed by atoms with Gasteiger partial charge in [-0.15, -0.1) is 5.10 Å². The molecule has 0 bridgehead atoms. The van der Waals surface area contributed by atoms with E-state index in [4.69, 9.17) is 0 Å². The fourth-order valence-corrected chi connectivity index (χ4v) is 1.19. The summed E-state index contributed by atoms with van der Waals surface area (Å²) >= 11 is 0. The van der Waals surface area contributed by atoms with E-state index < -0.39 is 17.8 Å². The largest absolute Gasteiger partial charge is 0.331 e. The Balaban J connectivity index is 1.98. The van der Waals surface area contributed by atoms with Gasteiger partial charge >= 0.3 is 17.8 Å². The molecular weight excluding hydrogens is 202 g/mol. The van der Waals surface area contributed by atoms with Crippen molar-refractivity contribution in [2.75, 3.05) is 6.54 Å². The lowest BCUT2D eigenvalue weighted by Gasteiger charge is -2.09. The number of nitrogens with zero attached hydrogens (tertiary/aromatic N) is 4. The molecule has 2 heterocycles. The van der Waals surface area contributed by atoms with Crippen molar-refractivity contribution in [3.8, 4) is 0 Å². The fraction of sp³-hybridized carbons (Fsp3) is 0.286. The zero-order valence-electron chi connectivity index (χ0n) is 7.58. The lowest BCUT2D eigenvalue weighted by molar-refractivity contribution is -0.140. The number of hydrogen-bond donors (Lipinski definition) is 1. The van der Waals surface area contributed by atoms with Gasteiger partial charge in [0, 0.05) is 6.20 Å². The SMILES string of the molecule is O=C1NC(=O)N(CCn2ccnn2)C1=O. The van der Waals surface area contributed by atoms with Gasteiger partial charge in [0.1, 0.15) is 0 Å². The van der Waals surface area contributed by atoms with Crippen LogP contribution in [0.3, 0.4) is 0 Å². The van der Waals surface area contributed by atoms with Crippen molar-refractivity contribution in [3.63, 3.8) is 0 Å². The molecule has 1 aliphatic heterocycles. The van der Waals surface area contributed by atoms with Crippen LogP contribution < -0.4 is 5.32 Å². The van der Waals surface area contributed by atoms with Crippen molar-refractivity contribution in [1.29, 1.82) is 0 Å². The van der Waals surface area contributed by atoms with Gasteiger partial charge in [-0.3, -0.25) is 24.5 Å². The van der Waals surface area contributed by atoms with Gasteiger partial charge in [0.05, 0.1) is 19.3 Å². The number of urea groups is 1. The van der Waals surface area contributed by atoms with E-state index in [1.807, 2.05) is 5.32 Å². The minimum absolute atomic E-state index is 0.0970. The van der Waals surface area contributed by atoms with E-state index in [-0.39, 0.29) is 6.54 Å². The summed E-state index contributed by atoms with van der Waals surface area (Å²) < 4.78 is 1.46. The molecule has 1 saturated heterocycles. The molecule has 0 atom stereocenters. The van der Waals surface area contributed by atoms with Crippen LogP contribution in [0.5, 0.6) is 0 Å². The van der Waals surface area contributed by atoms with E-state index in [1.54, 1.807) is 6.20 Å². The molecule has 4 amide bonds. The lowest BCUT2D eigenvalue weighted by Crippen LogP contribution is -2.34. The first-order valence-corrected chi connectivity index (χ1v) is 4.19. The standard InChI is InChI=1S/C7H7N5O3/c13-5-6(14)12(7(15)9-5)4-3-11-2-1-8-10-11/h1-2H,3-4H2,(H,9,13,15). The fourth-order valence-electron chi connectivity index (χ4n) is 1.19. The molecule has 1 N–H and O–H groups in total. The monoisotopic (exact) mass is 209 g/mol. The predicted molar refractivity (Wildman–Crippen MR) is 45.3 cm³/mol. The maximum Gasteiger partial charge on any atom is 0.331 e. The van der Waals surface area contributed by atoms with Crippen molar-refractivity contribution in [2.45, 2.75) is 6.54 Å². The second kappa shape index (κ2) is 3.48. The summed E-state index contributed by atoms with van der Waals surface area (Å²) in [6, 6.07) is -0.690. The topological polar surface area (TPSA) is 97.2 Å². The van der Waals surface area contributed by atoms with Gasteiger partial charge in [-0.25, -0.2) is 4.79 Å². The highest BCUT2D eigenvalue weighted by Crippen LogP contribution is 2.00. The zero-order valence-corrected chi connectivity index (χ0v) is 7.58. The molecule has 0 unspecified atom stereocenters. The highest BCUT2D eigenvalue weighted by Gasteiger charge is 2.36. The van der Waals surface area contributed by atoms with Crippen molar-refractivity contribution in [2.24, 2.45) is 0 Å². The van der Waals surface area contributed by atoms with E-state index in [1.165, 1.54) is 10.9 Å². The Kier molecular flexibility index (Phi) is 2.16. The molecule has 0 aliphatic carbocycles. The Bertz CT molecular complexity index is 412. The predicted octanol–water partition coefficient (Wildman–Crippen LogP) is -1.64. The van der Waals surface area contributed by atoms with Crippen LogP contribution in [0.1, 0.15) is 0 Å². The quantitative estimate of drug-likeness (QED) is 0.475. The highest BCUT2D eigenvalue weighted by atomic mass is 16.2. The van der Waals surface area contributed by atoms with E-state index in [0.717, 1.165) is 4.90 Å². The van der Waals surface area contributed by atoms with E-state index in [0.29, 0.717) is 6.54 Å². The second-order valence-electron chi connectivity index (χ2n) is 2.88. The minimum Gasteiger partial charge on any atom is -0.269 e. The Hall–Kier alpha value is -2.25. The third kappa shape index (κ3) is 1.68. The van der Waals surface area contributed by atoms with E-state index >= 15 is 0 Å². The Labute approximate surface area is 83.8 Å². The molecule has 0 spiro atoms. The number of imide groups is 2. The molecule has 2 rings (SSSR count). The molecule has 0 aromatic carbocycles. The van der Waals surface area contributed by atoms with Crippen LogP contribution >= 0.6 is 0 Å². The van der Waals surface area contributed by atoms with Crippen molar-refractivity contribution in [1.82, 2.24) is 25.2 Å². The molecule has 15 heavy (non-hydrogen) atoms. The third-order valence-electron chi connectivity index (χ3n) is 1.93. The van der Waals surface area contributed by atoms with Crippen LogP contribution in [0.15, 0.2) is 12.4 Å². The van der Waals surface area contributed by atoms with Crippen LogP contribution in [0.2, 0.25) is 0 Å². The first kappa shape index (κ1) is 9.31.